The fourth-order valence-electron chi connectivity index (χ4n) is 7.63. The molecule has 13 nitrogen and oxygen atoms in total. The van der Waals surface area contributed by atoms with Crippen molar-refractivity contribution in [1.82, 2.24) is 40.0 Å². The minimum Gasteiger partial charge on any atom is -0.478 e. The number of halogens is 1. The van der Waals surface area contributed by atoms with Crippen LogP contribution < -0.4 is 10.3 Å². The van der Waals surface area contributed by atoms with Gasteiger partial charge in [0.25, 0.3) is 0 Å². The van der Waals surface area contributed by atoms with Crippen molar-refractivity contribution in [2.24, 2.45) is 18.0 Å². The first-order valence-corrected chi connectivity index (χ1v) is 16.5. The predicted octanol–water partition coefficient (Wildman–Crippen LogP) is 2.94. The maximum atomic E-state index is 15.4. The number of carbonyl (C=O) groups is 2. The number of likely N-dealkylation sites (tertiary alicyclic amines) is 2. The number of hydrogen-bond donors (Lipinski definition) is 2. The van der Waals surface area contributed by atoms with Crippen LogP contribution in [-0.2, 0) is 11.8 Å². The molecule has 2 atom stereocenters. The molecule has 14 heteroatoms. The van der Waals surface area contributed by atoms with Crippen LogP contribution in [0.15, 0.2) is 48.0 Å². The Hall–Kier alpha value is -4.43. The molecule has 0 saturated carbocycles. The van der Waals surface area contributed by atoms with Crippen LogP contribution in [0.3, 0.4) is 0 Å². The van der Waals surface area contributed by atoms with Crippen LogP contribution in [0.25, 0.3) is 11.1 Å². The minimum atomic E-state index is -1.02. The highest BCUT2D eigenvalue weighted by atomic mass is 19.1. The number of carboxylic acids is 1. The van der Waals surface area contributed by atoms with E-state index in [1.165, 1.54) is 18.5 Å². The Balaban J connectivity index is 1.00. The molecule has 0 bridgehead atoms. The third-order valence-corrected chi connectivity index (χ3v) is 10.2. The molecule has 0 aliphatic carbocycles. The molecule has 2 N–H and O–H groups in total. The molecule has 4 fully saturated rings. The van der Waals surface area contributed by atoms with Gasteiger partial charge in [0.2, 0.25) is 11.9 Å². The second-order valence-corrected chi connectivity index (χ2v) is 13.1. The van der Waals surface area contributed by atoms with Gasteiger partial charge in [0, 0.05) is 82.4 Å². The van der Waals surface area contributed by atoms with Crippen molar-refractivity contribution < 1.29 is 19.1 Å². The summed E-state index contributed by atoms with van der Waals surface area (Å²) in [5.41, 5.74) is 5.58. The van der Waals surface area contributed by atoms with Crippen molar-refractivity contribution in [3.8, 4) is 11.1 Å². The molecule has 2 unspecified atom stereocenters. The molecule has 2 aromatic heterocycles. The molecule has 1 amide bonds. The van der Waals surface area contributed by atoms with E-state index in [2.05, 4.69) is 35.3 Å². The monoisotopic (exact) mass is 644 g/mol. The number of rotatable bonds is 6. The molecule has 4 saturated heterocycles. The van der Waals surface area contributed by atoms with Crippen LogP contribution in [0, 0.1) is 11.7 Å². The summed E-state index contributed by atoms with van der Waals surface area (Å²) < 4.78 is 17.1. The number of benzene rings is 1. The highest BCUT2D eigenvalue weighted by molar-refractivity contribution is 5.90. The summed E-state index contributed by atoms with van der Waals surface area (Å²) in [5.74, 6) is -0.0697. The SMILES string of the molecule is CC(=O)N1CCC2C(C1)C(=Nc1ccc(-c3cnn(C)c3)cc1F)NN2C1CCN(C2CCN(c3ncc(C(=O)O)cn3)CC2)CC1. The summed E-state index contributed by atoms with van der Waals surface area (Å²) in [5, 5.41) is 15.7. The van der Waals surface area contributed by atoms with Crippen molar-refractivity contribution in [1.29, 1.82) is 0 Å². The topological polar surface area (TPSA) is 135 Å². The Morgan fingerprint density at radius 1 is 0.957 bits per heavy atom. The number of aromatic nitrogens is 4. The number of aryl methyl sites for hydroxylation is 1. The Morgan fingerprint density at radius 3 is 2.32 bits per heavy atom. The highest BCUT2D eigenvalue weighted by Crippen LogP contribution is 2.35. The van der Waals surface area contributed by atoms with E-state index in [0.717, 1.165) is 75.2 Å². The van der Waals surface area contributed by atoms with Gasteiger partial charge in [-0.05, 0) is 62.9 Å². The zero-order chi connectivity index (χ0) is 32.7. The molecule has 7 rings (SSSR count). The Bertz CT molecular complexity index is 1650. The molecule has 4 aliphatic heterocycles. The van der Waals surface area contributed by atoms with Crippen LogP contribution >= 0.6 is 0 Å². The number of fused-ring (bicyclic) bond motifs is 1. The number of anilines is 1. The standard InChI is InChI=1S/C33H41FN10O3/c1-21(45)43-14-9-30-27(20-43)31(38-29-4-3-22(15-28(29)34)24-18-37-40(2)19-24)39-44(30)26-7-10-41(11-8-26)25-5-12-42(13-6-25)33-35-16-23(17-36-33)32(46)47/h3-4,15-19,25-27,30H,5-14,20H2,1-2H3,(H,38,39)(H,46,47). The average molecular weight is 645 g/mol. The fourth-order valence-corrected chi connectivity index (χ4v) is 7.63. The number of hydrazine groups is 1. The average Bonchev–Trinajstić information content (AvgIpc) is 3.69. The van der Waals surface area contributed by atoms with Crippen molar-refractivity contribution in [3.63, 3.8) is 0 Å². The smallest absolute Gasteiger partial charge is 0.338 e. The number of aliphatic imine (C=N–C) groups is 1. The van der Waals surface area contributed by atoms with Crippen LogP contribution in [0.5, 0.6) is 0 Å². The van der Waals surface area contributed by atoms with Gasteiger partial charge in [-0.2, -0.15) is 5.10 Å². The molecule has 248 valence electrons. The molecule has 6 heterocycles. The van der Waals surface area contributed by atoms with E-state index in [0.29, 0.717) is 31.1 Å². The zero-order valence-corrected chi connectivity index (χ0v) is 26.8. The van der Waals surface area contributed by atoms with E-state index < -0.39 is 11.8 Å². The van der Waals surface area contributed by atoms with Gasteiger partial charge in [-0.15, -0.1) is 0 Å². The molecule has 47 heavy (non-hydrogen) atoms. The lowest BCUT2D eigenvalue weighted by Gasteiger charge is -2.45. The van der Waals surface area contributed by atoms with E-state index in [9.17, 15) is 9.59 Å². The third-order valence-electron chi connectivity index (χ3n) is 10.2. The van der Waals surface area contributed by atoms with E-state index in [1.54, 1.807) is 23.9 Å². The first-order chi connectivity index (χ1) is 22.7. The predicted molar refractivity (Wildman–Crippen MR) is 174 cm³/mol. The second-order valence-electron chi connectivity index (χ2n) is 13.1. The van der Waals surface area contributed by atoms with Gasteiger partial charge in [-0.3, -0.25) is 9.48 Å². The zero-order valence-electron chi connectivity index (χ0n) is 26.8. The Kier molecular flexibility index (Phi) is 8.62. The van der Waals surface area contributed by atoms with Crippen molar-refractivity contribution in [2.45, 2.75) is 57.2 Å². The van der Waals surface area contributed by atoms with Gasteiger partial charge >= 0.3 is 5.97 Å². The van der Waals surface area contributed by atoms with Crippen LogP contribution in [0.2, 0.25) is 0 Å². The summed E-state index contributed by atoms with van der Waals surface area (Å²) >= 11 is 0. The summed E-state index contributed by atoms with van der Waals surface area (Å²) in [7, 11) is 1.83. The first-order valence-electron chi connectivity index (χ1n) is 16.5. The van der Waals surface area contributed by atoms with Crippen molar-refractivity contribution in [3.05, 3.63) is 54.4 Å². The lowest BCUT2D eigenvalue weighted by molar-refractivity contribution is -0.131. The second kappa shape index (κ2) is 13.0. The Labute approximate surface area is 273 Å². The van der Waals surface area contributed by atoms with Crippen LogP contribution in [0.1, 0.15) is 49.4 Å². The van der Waals surface area contributed by atoms with Crippen molar-refractivity contribution >= 4 is 29.3 Å². The van der Waals surface area contributed by atoms with Crippen molar-refractivity contribution in [2.75, 3.05) is 44.2 Å². The number of carbonyl (C=O) groups excluding carboxylic acids is 1. The first kappa shape index (κ1) is 31.2. The maximum Gasteiger partial charge on any atom is 0.338 e. The lowest BCUT2D eigenvalue weighted by Crippen LogP contribution is -2.56. The summed E-state index contributed by atoms with van der Waals surface area (Å²) in [6, 6.07) is 6.08. The van der Waals surface area contributed by atoms with E-state index in [1.807, 2.05) is 24.2 Å². The quantitative estimate of drug-likeness (QED) is 0.413. The maximum absolute atomic E-state index is 15.4. The number of hydrogen-bond acceptors (Lipinski definition) is 9. The minimum absolute atomic E-state index is 0.0146. The summed E-state index contributed by atoms with van der Waals surface area (Å²) in [6.07, 6.45) is 11.2. The van der Waals surface area contributed by atoms with Crippen LogP contribution in [-0.4, -0.2) is 115 Å². The number of carboxylic acid groups (broad SMARTS) is 1. The van der Waals surface area contributed by atoms with Gasteiger partial charge < -0.3 is 25.2 Å². The van der Waals surface area contributed by atoms with E-state index in [4.69, 9.17) is 10.1 Å². The molecule has 4 aliphatic rings. The lowest BCUT2D eigenvalue weighted by atomic mass is 9.90. The fraction of sp³-hybridized carbons (Fsp3) is 0.515. The molecule has 3 aromatic rings. The molecule has 0 radical (unpaired) electrons. The van der Waals surface area contributed by atoms with Crippen LogP contribution in [0.4, 0.5) is 16.0 Å². The van der Waals surface area contributed by atoms with Gasteiger partial charge in [0.1, 0.15) is 17.3 Å². The molecule has 0 spiro atoms. The Morgan fingerprint density at radius 2 is 1.68 bits per heavy atom. The number of nitrogens with one attached hydrogen (secondary N) is 1. The van der Waals surface area contributed by atoms with Gasteiger partial charge in [-0.25, -0.2) is 29.2 Å². The number of nitrogens with zero attached hydrogens (tertiary/aromatic N) is 9. The molecular weight excluding hydrogens is 603 g/mol. The number of piperidine rings is 3. The van der Waals surface area contributed by atoms with Gasteiger partial charge in [-0.1, -0.05) is 6.07 Å². The molecular formula is C33H41FN10O3. The summed E-state index contributed by atoms with van der Waals surface area (Å²) in [4.78, 5) is 43.5. The number of amides is 1. The highest BCUT2D eigenvalue weighted by Gasteiger charge is 2.46. The number of amidine groups is 1. The van der Waals surface area contributed by atoms with Gasteiger partial charge in [0.05, 0.1) is 17.7 Å². The van der Waals surface area contributed by atoms with Gasteiger partial charge in [0.15, 0.2) is 0 Å². The third kappa shape index (κ3) is 6.44. The van der Waals surface area contributed by atoms with E-state index >= 15 is 4.39 Å². The molecule has 1 aromatic carbocycles. The largest absolute Gasteiger partial charge is 0.478 e. The number of aromatic carboxylic acids is 1. The van der Waals surface area contributed by atoms with E-state index in [-0.39, 0.29) is 29.1 Å². The summed E-state index contributed by atoms with van der Waals surface area (Å²) in [6.45, 7) is 6.53. The normalized spacial score (nSPS) is 24.0.